The number of rotatable bonds is 7. The van der Waals surface area contributed by atoms with Crippen LogP contribution in [0.3, 0.4) is 0 Å². The van der Waals surface area contributed by atoms with E-state index in [4.69, 9.17) is 14.2 Å². The molecule has 4 aromatic rings. The normalized spacial score (nSPS) is 10.7. The smallest absolute Gasteiger partial charge is 0.337 e. The van der Waals surface area contributed by atoms with Crippen LogP contribution in [0.4, 0.5) is 0 Å². The molecular formula is C26H22BrNO4. The molecule has 0 aliphatic carbocycles. The van der Waals surface area contributed by atoms with Crippen molar-refractivity contribution in [1.82, 2.24) is 4.98 Å². The molecule has 4 rings (SSSR count). The molecule has 5 nitrogen and oxygen atoms in total. The summed E-state index contributed by atoms with van der Waals surface area (Å²) >= 11 is 3.56. The van der Waals surface area contributed by atoms with E-state index in [9.17, 15) is 4.79 Å². The van der Waals surface area contributed by atoms with Crippen molar-refractivity contribution in [2.75, 3.05) is 20.8 Å². The number of carbonyl (C=O) groups excluding carboxylic acids is 1. The summed E-state index contributed by atoms with van der Waals surface area (Å²) in [4.78, 5) is 16.3. The number of esters is 1. The van der Waals surface area contributed by atoms with Crippen molar-refractivity contribution in [1.29, 1.82) is 0 Å². The Hall–Kier alpha value is -3.38. The maximum Gasteiger partial charge on any atom is 0.337 e. The molecule has 0 spiro atoms. The number of fused-ring (bicyclic) bond motifs is 1. The summed E-state index contributed by atoms with van der Waals surface area (Å²) in [5.74, 6) is 0.836. The average molecular weight is 492 g/mol. The highest BCUT2D eigenvalue weighted by Gasteiger charge is 2.10. The van der Waals surface area contributed by atoms with Gasteiger partial charge in [0.05, 0.1) is 31.9 Å². The molecule has 0 radical (unpaired) electrons. The number of halogens is 1. The van der Waals surface area contributed by atoms with Crippen LogP contribution in [-0.2, 0) is 11.2 Å². The van der Waals surface area contributed by atoms with Crippen LogP contribution in [0.2, 0.25) is 0 Å². The largest absolute Gasteiger partial charge is 0.493 e. The van der Waals surface area contributed by atoms with Crippen molar-refractivity contribution < 1.29 is 19.0 Å². The van der Waals surface area contributed by atoms with E-state index in [1.54, 1.807) is 25.3 Å². The van der Waals surface area contributed by atoms with Crippen LogP contribution in [0, 0.1) is 0 Å². The first kappa shape index (κ1) is 21.8. The first-order valence-corrected chi connectivity index (χ1v) is 10.9. The Balaban J connectivity index is 1.55. The molecule has 3 aromatic carbocycles. The Morgan fingerprint density at radius 3 is 2.62 bits per heavy atom. The lowest BCUT2D eigenvalue weighted by Crippen LogP contribution is -2.04. The zero-order valence-corrected chi connectivity index (χ0v) is 19.4. The van der Waals surface area contributed by atoms with Gasteiger partial charge in [0.1, 0.15) is 5.75 Å². The zero-order valence-electron chi connectivity index (χ0n) is 17.8. The minimum atomic E-state index is -0.380. The van der Waals surface area contributed by atoms with E-state index in [1.165, 1.54) is 7.11 Å². The molecule has 32 heavy (non-hydrogen) atoms. The Kier molecular flexibility index (Phi) is 6.71. The predicted octanol–water partition coefficient (Wildman–Crippen LogP) is 6.08. The quantitative estimate of drug-likeness (QED) is 0.293. The lowest BCUT2D eigenvalue weighted by molar-refractivity contribution is 0.0600. The average Bonchev–Trinajstić information content (AvgIpc) is 2.83. The number of hydrogen-bond acceptors (Lipinski definition) is 5. The van der Waals surface area contributed by atoms with Gasteiger partial charge in [-0.15, -0.1) is 0 Å². The molecule has 0 fully saturated rings. The highest BCUT2D eigenvalue weighted by molar-refractivity contribution is 9.10. The molecule has 0 atom stereocenters. The van der Waals surface area contributed by atoms with Crippen LogP contribution in [0.25, 0.3) is 22.0 Å². The summed E-state index contributed by atoms with van der Waals surface area (Å²) in [7, 11) is 2.99. The standard InChI is InChI=1S/C26H22BrNO4/c1-30-25-16-22(23-15-20(27)9-10-24(23)28-25)18-6-3-5-17(13-18)11-12-32-21-8-4-7-19(14-21)26(29)31-2/h3-10,13-16H,11-12H2,1-2H3. The second-order valence-corrected chi connectivity index (χ2v) is 8.11. The highest BCUT2D eigenvalue weighted by atomic mass is 79.9. The van der Waals surface area contributed by atoms with Crippen molar-refractivity contribution in [3.63, 3.8) is 0 Å². The number of methoxy groups -OCH3 is 2. The summed E-state index contributed by atoms with van der Waals surface area (Å²) in [6.45, 7) is 0.486. The molecule has 0 bridgehead atoms. The van der Waals surface area contributed by atoms with Crippen LogP contribution in [0.5, 0.6) is 11.6 Å². The van der Waals surface area contributed by atoms with Crippen LogP contribution in [0.15, 0.2) is 77.3 Å². The molecule has 6 heteroatoms. The Morgan fingerprint density at radius 2 is 1.81 bits per heavy atom. The van der Waals surface area contributed by atoms with Gasteiger partial charge in [-0.2, -0.15) is 0 Å². The summed E-state index contributed by atoms with van der Waals surface area (Å²) in [5.41, 5.74) is 4.63. The van der Waals surface area contributed by atoms with Gasteiger partial charge in [0.15, 0.2) is 0 Å². The van der Waals surface area contributed by atoms with E-state index < -0.39 is 0 Å². The molecule has 0 N–H and O–H groups in total. The molecule has 1 aromatic heterocycles. The Bertz CT molecular complexity index is 1270. The molecule has 0 aliphatic rings. The number of pyridine rings is 1. The van der Waals surface area contributed by atoms with Crippen molar-refractivity contribution in [2.45, 2.75) is 6.42 Å². The van der Waals surface area contributed by atoms with Gasteiger partial charge in [-0.1, -0.05) is 46.3 Å². The number of hydrogen-bond donors (Lipinski definition) is 0. The van der Waals surface area contributed by atoms with Gasteiger partial charge >= 0.3 is 5.97 Å². The minimum Gasteiger partial charge on any atom is -0.493 e. The predicted molar refractivity (Wildman–Crippen MR) is 128 cm³/mol. The van der Waals surface area contributed by atoms with Crippen LogP contribution in [0.1, 0.15) is 15.9 Å². The second kappa shape index (κ2) is 9.83. The van der Waals surface area contributed by atoms with Crippen molar-refractivity contribution in [3.05, 3.63) is 88.4 Å². The van der Waals surface area contributed by atoms with Crippen LogP contribution in [-0.4, -0.2) is 31.8 Å². The number of aromatic nitrogens is 1. The van der Waals surface area contributed by atoms with E-state index in [-0.39, 0.29) is 5.97 Å². The van der Waals surface area contributed by atoms with Gasteiger partial charge in [-0.25, -0.2) is 9.78 Å². The third-order valence-electron chi connectivity index (χ3n) is 5.11. The number of benzene rings is 3. The summed E-state index contributed by atoms with van der Waals surface area (Å²) in [6.07, 6.45) is 0.722. The second-order valence-electron chi connectivity index (χ2n) is 7.19. The van der Waals surface area contributed by atoms with Gasteiger partial charge in [0.25, 0.3) is 0 Å². The molecule has 0 unspecified atom stereocenters. The number of nitrogens with zero attached hydrogens (tertiary/aromatic N) is 1. The fourth-order valence-electron chi connectivity index (χ4n) is 3.53. The summed E-state index contributed by atoms with van der Waals surface area (Å²) in [5, 5.41) is 1.05. The maximum absolute atomic E-state index is 11.7. The van der Waals surface area contributed by atoms with Crippen molar-refractivity contribution in [2.24, 2.45) is 0 Å². The molecule has 0 saturated heterocycles. The van der Waals surface area contributed by atoms with Gasteiger partial charge in [0, 0.05) is 22.3 Å². The topological polar surface area (TPSA) is 57.7 Å². The van der Waals surface area contributed by atoms with E-state index in [0.717, 1.165) is 38.5 Å². The van der Waals surface area contributed by atoms with Crippen molar-refractivity contribution in [3.8, 4) is 22.8 Å². The van der Waals surface area contributed by atoms with E-state index in [2.05, 4.69) is 45.2 Å². The lowest BCUT2D eigenvalue weighted by Gasteiger charge is -2.12. The van der Waals surface area contributed by atoms with Gasteiger partial charge in [0.2, 0.25) is 5.88 Å². The Morgan fingerprint density at radius 1 is 0.969 bits per heavy atom. The zero-order chi connectivity index (χ0) is 22.5. The van der Waals surface area contributed by atoms with E-state index in [1.807, 2.05) is 30.3 Å². The molecule has 162 valence electrons. The summed E-state index contributed by atoms with van der Waals surface area (Å²) < 4.78 is 17.0. The first-order chi connectivity index (χ1) is 15.6. The van der Waals surface area contributed by atoms with E-state index >= 15 is 0 Å². The van der Waals surface area contributed by atoms with Crippen molar-refractivity contribution >= 4 is 32.8 Å². The minimum absolute atomic E-state index is 0.380. The number of carbonyl (C=O) groups is 1. The SMILES string of the molecule is COC(=O)c1cccc(OCCc2cccc(-c3cc(OC)nc4ccc(Br)cc34)c2)c1. The molecule has 1 heterocycles. The molecule has 0 aliphatic heterocycles. The Labute approximate surface area is 195 Å². The monoisotopic (exact) mass is 491 g/mol. The highest BCUT2D eigenvalue weighted by Crippen LogP contribution is 2.33. The first-order valence-electron chi connectivity index (χ1n) is 10.1. The van der Waals surface area contributed by atoms with E-state index in [0.29, 0.717) is 23.8 Å². The molecule has 0 saturated carbocycles. The third kappa shape index (κ3) is 4.92. The van der Waals surface area contributed by atoms with Crippen LogP contribution < -0.4 is 9.47 Å². The van der Waals surface area contributed by atoms with Gasteiger partial charge in [-0.05, 0) is 53.1 Å². The maximum atomic E-state index is 11.7. The lowest BCUT2D eigenvalue weighted by atomic mass is 9.98. The molecular weight excluding hydrogens is 470 g/mol. The molecule has 0 amide bonds. The third-order valence-corrected chi connectivity index (χ3v) is 5.60. The fraction of sp³-hybridized carbons (Fsp3) is 0.154. The van der Waals surface area contributed by atoms with Gasteiger partial charge < -0.3 is 14.2 Å². The van der Waals surface area contributed by atoms with Gasteiger partial charge in [-0.3, -0.25) is 0 Å². The van der Waals surface area contributed by atoms with Crippen LogP contribution >= 0.6 is 15.9 Å². The summed E-state index contributed by atoms with van der Waals surface area (Å²) in [6, 6.07) is 23.3. The fourth-order valence-corrected chi connectivity index (χ4v) is 3.89. The number of ether oxygens (including phenoxy) is 3.